The largest absolute Gasteiger partial charge is 0.508 e. The highest BCUT2D eigenvalue weighted by Crippen LogP contribution is 2.62. The number of nitro groups is 1. The van der Waals surface area contributed by atoms with Crippen LogP contribution in [0.5, 0.6) is 11.5 Å². The number of rotatable bonds is 7. The smallest absolute Gasteiger partial charge is 0.255 e. The van der Waals surface area contributed by atoms with Gasteiger partial charge in [-0.25, -0.2) is 0 Å². The topological polar surface area (TPSA) is 262 Å². The number of carbonyl (C=O) groups is 3. The molecule has 1 aromatic rings. The summed E-state index contributed by atoms with van der Waals surface area (Å²) in [7, 11) is 5.14. The summed E-state index contributed by atoms with van der Waals surface area (Å²) in [6, 6.07) is -0.845. The summed E-state index contributed by atoms with van der Waals surface area (Å²) in [5.41, 5.74) is -7.35. The zero-order valence-corrected chi connectivity index (χ0v) is 28.4. The Morgan fingerprint density at radius 2 is 1.78 bits per heavy atom. The number of likely N-dealkylation sites (N-methyl/N-ethyl adjacent to an activating group) is 1. The number of benzene rings is 1. The number of phenols is 1. The Morgan fingerprint density at radius 1 is 1.16 bits per heavy atom. The van der Waals surface area contributed by atoms with E-state index >= 15 is 0 Å². The highest BCUT2D eigenvalue weighted by molar-refractivity contribution is 6.33. The molecule has 17 nitrogen and oxygen atoms in total. The average Bonchev–Trinajstić information content (AvgIpc) is 2.98. The molecule has 1 aromatic carbocycles. The fourth-order valence-electron chi connectivity index (χ4n) is 8.24. The van der Waals surface area contributed by atoms with Crippen molar-refractivity contribution in [3.63, 3.8) is 0 Å². The van der Waals surface area contributed by atoms with Gasteiger partial charge in [0.1, 0.15) is 40.1 Å². The van der Waals surface area contributed by atoms with Crippen LogP contribution in [0.15, 0.2) is 23.0 Å². The second-order valence-corrected chi connectivity index (χ2v) is 13.8. The molecule has 1 amide bonds. The van der Waals surface area contributed by atoms with Crippen LogP contribution in [0.2, 0.25) is 5.02 Å². The maximum absolute atomic E-state index is 14.6. The number of nitrogens with zero attached hydrogens (tertiary/aromatic N) is 2. The first-order valence-electron chi connectivity index (χ1n) is 15.1. The maximum Gasteiger partial charge on any atom is 0.255 e. The Kier molecular flexibility index (Phi) is 8.64. The number of aliphatic hydroxyl groups excluding tert-OH is 2. The van der Waals surface area contributed by atoms with Crippen LogP contribution in [0, 0.1) is 16.0 Å². The van der Waals surface area contributed by atoms with Gasteiger partial charge in [0, 0.05) is 42.1 Å². The first-order chi connectivity index (χ1) is 22.6. The number of ketones is 2. The second-order valence-electron chi connectivity index (χ2n) is 13.4. The van der Waals surface area contributed by atoms with E-state index in [1.54, 1.807) is 0 Å². The Labute approximate surface area is 284 Å². The van der Waals surface area contributed by atoms with Crippen molar-refractivity contribution in [2.45, 2.75) is 80.5 Å². The lowest BCUT2D eigenvalue weighted by Gasteiger charge is -2.58. The van der Waals surface area contributed by atoms with Crippen LogP contribution < -0.4 is 10.5 Å². The van der Waals surface area contributed by atoms with Crippen LogP contribution in [0.25, 0.3) is 5.76 Å². The Bertz CT molecular complexity index is 1750. The number of carbonyl (C=O) groups excluding carboxylic acids is 3. The number of halogens is 1. The number of ether oxygens (including phenoxy) is 4. The second kappa shape index (κ2) is 11.6. The molecule has 0 spiro atoms. The molecule has 49 heavy (non-hydrogen) atoms. The zero-order valence-electron chi connectivity index (χ0n) is 27.6. The van der Waals surface area contributed by atoms with Crippen molar-refractivity contribution in [3.8, 4) is 11.5 Å². The molecule has 18 heteroatoms. The Balaban J connectivity index is 1.83. The van der Waals surface area contributed by atoms with E-state index in [0.717, 1.165) is 11.0 Å². The quantitative estimate of drug-likeness (QED) is 0.129. The van der Waals surface area contributed by atoms with Gasteiger partial charge in [-0.05, 0) is 34.4 Å². The number of hydrogen-bond donors (Lipinski definition) is 6. The third-order valence-electron chi connectivity index (χ3n) is 10.5. The van der Waals surface area contributed by atoms with Crippen LogP contribution in [0.1, 0.15) is 44.7 Å². The SMILES string of the molecule is COc1cc(O)c2c(c1Cl)[C@](C)(OC1C[C@](C)([N+](=O)[O-])C(OC)C(C)O1)C1C[C@@]3(O)C(N(C)C)C(=O)C(C(N)=O)=C(O)[C@@]3(O)C(=O)C1=C2O. The lowest BCUT2D eigenvalue weighted by Crippen LogP contribution is -2.77. The lowest BCUT2D eigenvalue weighted by atomic mass is 9.52. The number of phenolic OH excluding ortho intramolecular Hbond substituents is 1. The molecule has 1 saturated carbocycles. The third kappa shape index (κ3) is 4.63. The molecular formula is C31H38ClN3O14. The minimum Gasteiger partial charge on any atom is -0.508 e. The summed E-state index contributed by atoms with van der Waals surface area (Å²) in [5, 5.41) is 70.7. The number of methoxy groups -OCH3 is 2. The Hall–Kier alpha value is -3.84. The number of fused-ring (bicyclic) bond motifs is 3. The first kappa shape index (κ1) is 36.4. The summed E-state index contributed by atoms with van der Waals surface area (Å²) in [6.07, 6.45) is -4.70. The van der Waals surface area contributed by atoms with Gasteiger partial charge in [-0.2, -0.15) is 0 Å². The fourth-order valence-corrected chi connectivity index (χ4v) is 8.65. The van der Waals surface area contributed by atoms with Gasteiger partial charge in [0.05, 0.1) is 30.2 Å². The number of Topliss-reactive ketones (excluding diaryl/α,β-unsaturated/α-hetero) is 2. The van der Waals surface area contributed by atoms with Crippen molar-refractivity contribution in [3.05, 3.63) is 49.2 Å². The van der Waals surface area contributed by atoms with Crippen molar-refractivity contribution in [2.24, 2.45) is 11.7 Å². The van der Waals surface area contributed by atoms with E-state index in [9.17, 15) is 50.0 Å². The number of hydrogen-bond acceptors (Lipinski definition) is 15. The van der Waals surface area contributed by atoms with Crippen molar-refractivity contribution in [2.75, 3.05) is 28.3 Å². The van der Waals surface area contributed by atoms with E-state index in [1.165, 1.54) is 49.1 Å². The monoisotopic (exact) mass is 711 g/mol. The molecule has 1 aliphatic heterocycles. The van der Waals surface area contributed by atoms with Crippen molar-refractivity contribution in [1.29, 1.82) is 0 Å². The molecule has 0 bridgehead atoms. The van der Waals surface area contributed by atoms with Gasteiger partial charge in [0.15, 0.2) is 23.9 Å². The molecule has 9 atom stereocenters. The molecule has 1 heterocycles. The molecule has 4 aliphatic rings. The average molecular weight is 712 g/mol. The van der Waals surface area contributed by atoms with Crippen molar-refractivity contribution >= 4 is 34.8 Å². The van der Waals surface area contributed by atoms with E-state index in [-0.39, 0.29) is 16.3 Å². The predicted molar refractivity (Wildman–Crippen MR) is 167 cm³/mol. The van der Waals surface area contributed by atoms with Crippen molar-refractivity contribution in [1.82, 2.24) is 4.90 Å². The summed E-state index contributed by atoms with van der Waals surface area (Å²) in [4.78, 5) is 53.5. The highest BCUT2D eigenvalue weighted by atomic mass is 35.5. The van der Waals surface area contributed by atoms with Crippen molar-refractivity contribution < 1.29 is 63.8 Å². The van der Waals surface area contributed by atoms with Gasteiger partial charge in [-0.1, -0.05) is 11.6 Å². The van der Waals surface area contributed by atoms with Gasteiger partial charge in [-0.15, -0.1) is 0 Å². The van der Waals surface area contributed by atoms with Crippen LogP contribution in [0.3, 0.4) is 0 Å². The van der Waals surface area contributed by atoms with Crippen LogP contribution in [0.4, 0.5) is 0 Å². The summed E-state index contributed by atoms with van der Waals surface area (Å²) in [5.74, 6) is -9.10. The molecule has 3 aliphatic carbocycles. The molecule has 2 fully saturated rings. The van der Waals surface area contributed by atoms with Gasteiger partial charge >= 0.3 is 0 Å². The molecule has 5 unspecified atom stereocenters. The van der Waals surface area contributed by atoms with Gasteiger partial charge in [-0.3, -0.25) is 29.4 Å². The molecule has 7 N–H and O–H groups in total. The molecule has 1 saturated heterocycles. The predicted octanol–water partition coefficient (Wildman–Crippen LogP) is 0.616. The normalized spacial score (nSPS) is 37.5. The van der Waals surface area contributed by atoms with Gasteiger partial charge in [0.25, 0.3) is 11.4 Å². The van der Waals surface area contributed by atoms with Crippen LogP contribution >= 0.6 is 11.6 Å². The molecule has 5 rings (SSSR count). The number of aliphatic hydroxyl groups is 4. The molecular weight excluding hydrogens is 674 g/mol. The van der Waals surface area contributed by atoms with Crippen LogP contribution in [-0.4, -0.2) is 122 Å². The summed E-state index contributed by atoms with van der Waals surface area (Å²) < 4.78 is 23.3. The third-order valence-corrected chi connectivity index (χ3v) is 10.8. The van der Waals surface area contributed by atoms with E-state index in [2.05, 4.69) is 0 Å². The van der Waals surface area contributed by atoms with Gasteiger partial charge in [0.2, 0.25) is 11.4 Å². The van der Waals surface area contributed by atoms with E-state index in [4.69, 9.17) is 36.3 Å². The number of primary amides is 1. The van der Waals surface area contributed by atoms with E-state index < -0.39 is 122 Å². The zero-order chi connectivity index (χ0) is 36.9. The molecule has 0 aromatic heterocycles. The fraction of sp³-hybridized carbons (Fsp3) is 0.581. The number of amides is 1. The lowest BCUT2D eigenvalue weighted by molar-refractivity contribution is -0.595. The first-order valence-corrected chi connectivity index (χ1v) is 15.4. The highest BCUT2D eigenvalue weighted by Gasteiger charge is 2.75. The van der Waals surface area contributed by atoms with E-state index in [0.29, 0.717) is 0 Å². The van der Waals surface area contributed by atoms with Gasteiger partial charge < -0.3 is 50.2 Å². The maximum atomic E-state index is 14.6. The van der Waals surface area contributed by atoms with E-state index in [1.807, 2.05) is 0 Å². The molecule has 268 valence electrons. The van der Waals surface area contributed by atoms with Crippen LogP contribution in [-0.2, 0) is 34.2 Å². The molecule has 0 radical (unpaired) electrons. The minimum atomic E-state index is -3.43. The number of aromatic hydroxyl groups is 1. The summed E-state index contributed by atoms with van der Waals surface area (Å²) >= 11 is 6.82. The summed E-state index contributed by atoms with van der Waals surface area (Å²) in [6.45, 7) is 4.21. The minimum absolute atomic E-state index is 0.112. The Morgan fingerprint density at radius 3 is 2.29 bits per heavy atom. The number of nitrogens with two attached hydrogens (primary N) is 1. The standard InChI is InChI=1S/C31H38ClN3O14/c1-11-26(47-7)28(2,35(44)45)10-15(48-11)49-29(3)12-9-30(42)23(34(4)5)22(38)18(27(33)41)25(40)31(30,43)24(39)16(12)21(37)17-13(36)8-14(46-6)20(32)19(17)29/h8,11-12,15,23,26,36-37,40,42-43H,9-10H2,1-7H3,(H2,33,41)/t11?,12?,15?,23?,26?,28-,29+,30+,31-/m0/s1.